The van der Waals surface area contributed by atoms with Gasteiger partial charge in [-0.15, -0.1) is 0 Å². The number of ether oxygens (including phenoxy) is 1. The number of nitrogens with one attached hydrogen (secondary N) is 2. The fourth-order valence-electron chi connectivity index (χ4n) is 4.19. The van der Waals surface area contributed by atoms with Crippen molar-refractivity contribution in [2.45, 2.75) is 63.8 Å². The van der Waals surface area contributed by atoms with Gasteiger partial charge in [-0.2, -0.15) is 0 Å². The molecule has 1 aliphatic heterocycles. The summed E-state index contributed by atoms with van der Waals surface area (Å²) in [6, 6.07) is 0.224. The Hall–Kier alpha value is -1.36. The number of rotatable bonds is 6. The lowest BCUT2D eigenvalue weighted by atomic mass is 9.81. The SMILES string of the molecule is O=C(NCCOCC1CCCCC1)C1=CC2CCCCC2NC1=O. The summed E-state index contributed by atoms with van der Waals surface area (Å²) < 4.78 is 5.69. The molecule has 2 atom stereocenters. The molecule has 0 spiro atoms. The Balaban J connectivity index is 1.38. The minimum absolute atomic E-state index is 0.223. The average Bonchev–Trinajstić information content (AvgIpc) is 2.61. The molecule has 5 heteroatoms. The Labute approximate surface area is 144 Å². The van der Waals surface area contributed by atoms with Gasteiger partial charge in [0.15, 0.2) is 0 Å². The standard InChI is InChI=1S/C19H30N2O3/c22-18(20-10-11-24-13-14-6-2-1-3-7-14)16-12-15-8-4-5-9-17(15)21-19(16)23/h12,14-15,17H,1-11,13H2,(H,20,22)(H,21,23). The van der Waals surface area contributed by atoms with Crippen molar-refractivity contribution >= 4 is 11.8 Å². The molecule has 24 heavy (non-hydrogen) atoms. The highest BCUT2D eigenvalue weighted by atomic mass is 16.5. The topological polar surface area (TPSA) is 67.4 Å². The van der Waals surface area contributed by atoms with Gasteiger partial charge in [0.1, 0.15) is 5.57 Å². The van der Waals surface area contributed by atoms with E-state index in [2.05, 4.69) is 10.6 Å². The number of amides is 2. The highest BCUT2D eigenvalue weighted by Gasteiger charge is 2.33. The number of fused-ring (bicyclic) bond motifs is 1. The minimum Gasteiger partial charge on any atom is -0.379 e. The third-order valence-corrected chi connectivity index (χ3v) is 5.62. The van der Waals surface area contributed by atoms with Crippen molar-refractivity contribution in [2.75, 3.05) is 19.8 Å². The van der Waals surface area contributed by atoms with Crippen molar-refractivity contribution in [1.29, 1.82) is 0 Å². The van der Waals surface area contributed by atoms with E-state index in [9.17, 15) is 9.59 Å². The summed E-state index contributed by atoms with van der Waals surface area (Å²) in [6.45, 7) is 1.77. The smallest absolute Gasteiger partial charge is 0.256 e. The highest BCUT2D eigenvalue weighted by molar-refractivity contribution is 6.19. The van der Waals surface area contributed by atoms with Crippen molar-refractivity contribution in [3.05, 3.63) is 11.6 Å². The van der Waals surface area contributed by atoms with E-state index in [1.807, 2.05) is 6.08 Å². The van der Waals surface area contributed by atoms with Crippen molar-refractivity contribution in [1.82, 2.24) is 10.6 Å². The summed E-state index contributed by atoms with van der Waals surface area (Å²) in [5.41, 5.74) is 0.283. The number of carbonyl (C=O) groups is 2. The van der Waals surface area contributed by atoms with Crippen LogP contribution in [0.25, 0.3) is 0 Å². The van der Waals surface area contributed by atoms with Gasteiger partial charge in [0.2, 0.25) is 0 Å². The molecule has 0 aromatic rings. The molecule has 2 N–H and O–H groups in total. The van der Waals surface area contributed by atoms with Crippen LogP contribution in [-0.4, -0.2) is 37.6 Å². The van der Waals surface area contributed by atoms with E-state index in [0.717, 1.165) is 25.9 Å². The Kier molecular flexibility index (Phi) is 6.30. The lowest BCUT2D eigenvalue weighted by Gasteiger charge is -2.34. The predicted molar refractivity (Wildman–Crippen MR) is 92.4 cm³/mol. The molecular weight excluding hydrogens is 304 g/mol. The zero-order chi connectivity index (χ0) is 16.8. The second-order valence-corrected chi connectivity index (χ2v) is 7.44. The molecule has 2 unspecified atom stereocenters. The van der Waals surface area contributed by atoms with E-state index in [1.165, 1.54) is 38.5 Å². The predicted octanol–water partition coefficient (Wildman–Crippen LogP) is 2.31. The molecule has 5 nitrogen and oxygen atoms in total. The normalized spacial score (nSPS) is 27.8. The van der Waals surface area contributed by atoms with Crippen LogP contribution in [0.5, 0.6) is 0 Å². The Morgan fingerprint density at radius 2 is 1.88 bits per heavy atom. The summed E-state index contributed by atoms with van der Waals surface area (Å²) in [5.74, 6) is 0.515. The number of hydrogen-bond acceptors (Lipinski definition) is 3. The van der Waals surface area contributed by atoms with Crippen LogP contribution in [0.3, 0.4) is 0 Å². The number of carbonyl (C=O) groups excluding carboxylic acids is 2. The maximum absolute atomic E-state index is 12.3. The van der Waals surface area contributed by atoms with E-state index in [4.69, 9.17) is 4.74 Å². The second-order valence-electron chi connectivity index (χ2n) is 7.44. The molecule has 2 saturated carbocycles. The van der Waals surface area contributed by atoms with Crippen LogP contribution >= 0.6 is 0 Å². The second kappa shape index (κ2) is 8.65. The summed E-state index contributed by atoms with van der Waals surface area (Å²) in [7, 11) is 0. The molecule has 3 rings (SSSR count). The lowest BCUT2D eigenvalue weighted by Crippen LogP contribution is -2.48. The van der Waals surface area contributed by atoms with Crippen molar-refractivity contribution in [3.63, 3.8) is 0 Å². The van der Waals surface area contributed by atoms with Crippen LogP contribution in [0.4, 0.5) is 0 Å². The minimum atomic E-state index is -0.266. The maximum Gasteiger partial charge on any atom is 0.256 e. The molecule has 0 radical (unpaired) electrons. The summed E-state index contributed by atoms with van der Waals surface area (Å²) >= 11 is 0. The Morgan fingerprint density at radius 1 is 1.12 bits per heavy atom. The largest absolute Gasteiger partial charge is 0.379 e. The lowest BCUT2D eigenvalue weighted by molar-refractivity contribution is -0.125. The van der Waals surface area contributed by atoms with Gasteiger partial charge in [0.25, 0.3) is 11.8 Å². The monoisotopic (exact) mass is 334 g/mol. The van der Waals surface area contributed by atoms with Crippen LogP contribution in [0.15, 0.2) is 11.6 Å². The first-order valence-electron chi connectivity index (χ1n) is 9.62. The number of hydrogen-bond donors (Lipinski definition) is 2. The van der Waals surface area contributed by atoms with Crippen LogP contribution in [0, 0.1) is 11.8 Å². The summed E-state index contributed by atoms with van der Waals surface area (Å²) in [4.78, 5) is 24.4. The first-order valence-corrected chi connectivity index (χ1v) is 9.62. The van der Waals surface area contributed by atoms with Gasteiger partial charge in [-0.05, 0) is 37.5 Å². The van der Waals surface area contributed by atoms with Gasteiger partial charge in [-0.25, -0.2) is 0 Å². The zero-order valence-corrected chi connectivity index (χ0v) is 14.5. The van der Waals surface area contributed by atoms with Gasteiger partial charge in [-0.1, -0.05) is 38.2 Å². The fourth-order valence-corrected chi connectivity index (χ4v) is 4.19. The van der Waals surface area contributed by atoms with E-state index in [-0.39, 0.29) is 23.4 Å². The molecular formula is C19H30N2O3. The molecule has 3 aliphatic rings. The van der Waals surface area contributed by atoms with E-state index < -0.39 is 0 Å². The zero-order valence-electron chi connectivity index (χ0n) is 14.5. The van der Waals surface area contributed by atoms with Crippen molar-refractivity contribution in [2.24, 2.45) is 11.8 Å². The molecule has 0 aromatic heterocycles. The molecule has 2 fully saturated rings. The molecule has 0 saturated heterocycles. The molecule has 134 valence electrons. The highest BCUT2D eigenvalue weighted by Crippen LogP contribution is 2.29. The molecule has 1 heterocycles. The van der Waals surface area contributed by atoms with Gasteiger partial charge >= 0.3 is 0 Å². The van der Waals surface area contributed by atoms with Gasteiger partial charge < -0.3 is 15.4 Å². The molecule has 0 bridgehead atoms. The quantitative estimate of drug-likeness (QED) is 0.579. The van der Waals surface area contributed by atoms with Gasteiger partial charge in [-0.3, -0.25) is 9.59 Å². The van der Waals surface area contributed by atoms with E-state index in [0.29, 0.717) is 25.0 Å². The maximum atomic E-state index is 12.3. The first kappa shape index (κ1) is 17.5. The average molecular weight is 334 g/mol. The Bertz CT molecular complexity index is 483. The van der Waals surface area contributed by atoms with Gasteiger partial charge in [0, 0.05) is 19.2 Å². The fraction of sp³-hybridized carbons (Fsp3) is 0.789. The Morgan fingerprint density at radius 3 is 2.71 bits per heavy atom. The molecule has 2 amide bonds. The third kappa shape index (κ3) is 4.59. The van der Waals surface area contributed by atoms with Crippen LogP contribution in [0.1, 0.15) is 57.8 Å². The van der Waals surface area contributed by atoms with E-state index >= 15 is 0 Å². The molecule has 0 aromatic carbocycles. The van der Waals surface area contributed by atoms with Crippen molar-refractivity contribution in [3.8, 4) is 0 Å². The van der Waals surface area contributed by atoms with E-state index in [1.54, 1.807) is 0 Å². The molecule has 2 aliphatic carbocycles. The first-order chi connectivity index (χ1) is 11.7. The van der Waals surface area contributed by atoms with Crippen LogP contribution in [0.2, 0.25) is 0 Å². The third-order valence-electron chi connectivity index (χ3n) is 5.62. The van der Waals surface area contributed by atoms with Crippen LogP contribution in [-0.2, 0) is 14.3 Å². The van der Waals surface area contributed by atoms with Crippen LogP contribution < -0.4 is 10.6 Å². The van der Waals surface area contributed by atoms with Gasteiger partial charge in [0.05, 0.1) is 6.61 Å². The van der Waals surface area contributed by atoms with Crippen molar-refractivity contribution < 1.29 is 14.3 Å². The summed E-state index contributed by atoms with van der Waals surface area (Å²) in [6.07, 6.45) is 12.8. The summed E-state index contributed by atoms with van der Waals surface area (Å²) in [5, 5.41) is 5.82.